The summed E-state index contributed by atoms with van der Waals surface area (Å²) in [4.78, 5) is 25.2. The van der Waals surface area contributed by atoms with Gasteiger partial charge in [-0.15, -0.1) is 0 Å². The van der Waals surface area contributed by atoms with E-state index in [4.69, 9.17) is 4.74 Å². The number of carbonyl (C=O) groups is 1. The van der Waals surface area contributed by atoms with Crippen molar-refractivity contribution in [2.24, 2.45) is 0 Å². The highest BCUT2D eigenvalue weighted by Crippen LogP contribution is 2.22. The largest absolute Gasteiger partial charge is 0.457 e. The minimum atomic E-state index is -0.313. The number of halogens is 1. The van der Waals surface area contributed by atoms with Gasteiger partial charge in [0.05, 0.1) is 0 Å². The smallest absolute Gasteiger partial charge is 0.253 e. The molecule has 1 aliphatic rings. The van der Waals surface area contributed by atoms with Crippen molar-refractivity contribution in [2.45, 2.75) is 0 Å². The quantitative estimate of drug-likeness (QED) is 0.697. The Morgan fingerprint density at radius 2 is 1.43 bits per heavy atom. The fourth-order valence-corrected chi connectivity index (χ4v) is 3.05. The molecule has 1 fully saturated rings. The first-order chi connectivity index (χ1) is 13.7. The van der Waals surface area contributed by atoms with Gasteiger partial charge in [-0.25, -0.2) is 14.4 Å². The lowest BCUT2D eigenvalue weighted by atomic mass is 10.1. The molecule has 1 saturated heterocycles. The van der Waals surface area contributed by atoms with E-state index in [2.05, 4.69) is 14.9 Å². The van der Waals surface area contributed by atoms with Gasteiger partial charge in [-0.3, -0.25) is 4.79 Å². The minimum absolute atomic E-state index is 0.0121. The van der Waals surface area contributed by atoms with Gasteiger partial charge in [-0.2, -0.15) is 0 Å². The summed E-state index contributed by atoms with van der Waals surface area (Å²) in [5.74, 6) is 1.50. The molecule has 6 nitrogen and oxygen atoms in total. The highest BCUT2D eigenvalue weighted by Gasteiger charge is 2.23. The van der Waals surface area contributed by atoms with Crippen molar-refractivity contribution in [1.82, 2.24) is 14.9 Å². The molecule has 0 unspecified atom stereocenters. The van der Waals surface area contributed by atoms with E-state index >= 15 is 0 Å². The van der Waals surface area contributed by atoms with Gasteiger partial charge in [0.2, 0.25) is 5.95 Å². The number of aromatic nitrogens is 2. The highest BCUT2D eigenvalue weighted by atomic mass is 19.1. The van der Waals surface area contributed by atoms with Gasteiger partial charge in [-0.05, 0) is 54.6 Å². The summed E-state index contributed by atoms with van der Waals surface area (Å²) in [6.45, 7) is 2.62. The molecule has 1 amide bonds. The maximum absolute atomic E-state index is 13.0. The Kier molecular flexibility index (Phi) is 5.14. The second-order valence-electron chi connectivity index (χ2n) is 6.41. The Morgan fingerprint density at radius 3 is 2.04 bits per heavy atom. The minimum Gasteiger partial charge on any atom is -0.457 e. The fraction of sp³-hybridized carbons (Fsp3) is 0.190. The molecule has 2 aromatic carbocycles. The summed E-state index contributed by atoms with van der Waals surface area (Å²) < 4.78 is 18.6. The van der Waals surface area contributed by atoms with Crippen molar-refractivity contribution in [3.8, 4) is 11.5 Å². The van der Waals surface area contributed by atoms with E-state index in [1.54, 1.807) is 54.9 Å². The van der Waals surface area contributed by atoms with E-state index in [1.165, 1.54) is 12.1 Å². The third-order valence-electron chi connectivity index (χ3n) is 4.55. The van der Waals surface area contributed by atoms with Crippen molar-refractivity contribution < 1.29 is 13.9 Å². The maximum atomic E-state index is 13.0. The number of anilines is 1. The van der Waals surface area contributed by atoms with Gasteiger partial charge in [0, 0.05) is 44.1 Å². The average molecular weight is 378 g/mol. The zero-order valence-corrected chi connectivity index (χ0v) is 15.2. The molecule has 0 spiro atoms. The molecule has 7 heteroatoms. The summed E-state index contributed by atoms with van der Waals surface area (Å²) in [5, 5.41) is 0. The average Bonchev–Trinajstić information content (AvgIpc) is 2.76. The Hall–Kier alpha value is -3.48. The lowest BCUT2D eigenvalue weighted by Crippen LogP contribution is -2.49. The predicted octanol–water partition coefficient (Wildman–Crippen LogP) is 3.37. The van der Waals surface area contributed by atoms with Crippen LogP contribution in [0.15, 0.2) is 67.0 Å². The van der Waals surface area contributed by atoms with Crippen LogP contribution in [-0.2, 0) is 0 Å². The van der Waals surface area contributed by atoms with Crippen molar-refractivity contribution >= 4 is 11.9 Å². The van der Waals surface area contributed by atoms with Gasteiger partial charge in [0.25, 0.3) is 5.91 Å². The number of hydrogen-bond acceptors (Lipinski definition) is 5. The molecule has 0 bridgehead atoms. The lowest BCUT2D eigenvalue weighted by Gasteiger charge is -2.34. The fourth-order valence-electron chi connectivity index (χ4n) is 3.05. The van der Waals surface area contributed by atoms with Crippen molar-refractivity contribution in [3.05, 3.63) is 78.4 Å². The monoisotopic (exact) mass is 378 g/mol. The molecule has 0 saturated carbocycles. The molecular formula is C21H19FN4O2. The number of rotatable bonds is 4. The summed E-state index contributed by atoms with van der Waals surface area (Å²) >= 11 is 0. The van der Waals surface area contributed by atoms with E-state index in [0.717, 1.165) is 0 Å². The molecule has 0 N–H and O–H groups in total. The standard InChI is InChI=1S/C21H19FN4O2/c22-17-4-8-19(9-5-17)28-18-6-2-16(3-7-18)20(27)25-12-14-26(15-13-25)21-23-10-1-11-24-21/h1-11H,12-15H2. The van der Waals surface area contributed by atoms with Gasteiger partial charge in [-0.1, -0.05) is 0 Å². The zero-order chi connectivity index (χ0) is 19.3. The van der Waals surface area contributed by atoms with Crippen LogP contribution in [0, 0.1) is 5.82 Å². The SMILES string of the molecule is O=C(c1ccc(Oc2ccc(F)cc2)cc1)N1CCN(c2ncccn2)CC1. The van der Waals surface area contributed by atoms with E-state index in [-0.39, 0.29) is 11.7 Å². The third kappa shape index (κ3) is 4.09. The third-order valence-corrected chi connectivity index (χ3v) is 4.55. The van der Waals surface area contributed by atoms with Crippen molar-refractivity contribution in [1.29, 1.82) is 0 Å². The van der Waals surface area contributed by atoms with Crippen LogP contribution in [0.25, 0.3) is 0 Å². The van der Waals surface area contributed by atoms with Gasteiger partial charge < -0.3 is 14.5 Å². The summed E-state index contributed by atoms with van der Waals surface area (Å²) in [6.07, 6.45) is 3.44. The first-order valence-corrected chi connectivity index (χ1v) is 9.04. The van der Waals surface area contributed by atoms with Crippen LogP contribution < -0.4 is 9.64 Å². The van der Waals surface area contributed by atoms with Crippen molar-refractivity contribution in [3.63, 3.8) is 0 Å². The number of benzene rings is 2. The molecule has 28 heavy (non-hydrogen) atoms. The van der Waals surface area contributed by atoms with Crippen LogP contribution in [0.1, 0.15) is 10.4 Å². The van der Waals surface area contributed by atoms with Crippen LogP contribution in [0.2, 0.25) is 0 Å². The topological polar surface area (TPSA) is 58.6 Å². The molecule has 2 heterocycles. The Bertz CT molecular complexity index is 925. The van der Waals surface area contributed by atoms with Gasteiger partial charge >= 0.3 is 0 Å². The molecule has 0 aliphatic carbocycles. The molecule has 1 aliphatic heterocycles. The highest BCUT2D eigenvalue weighted by molar-refractivity contribution is 5.94. The van der Waals surface area contributed by atoms with Crippen LogP contribution in [-0.4, -0.2) is 47.0 Å². The first-order valence-electron chi connectivity index (χ1n) is 9.04. The lowest BCUT2D eigenvalue weighted by molar-refractivity contribution is 0.0746. The second kappa shape index (κ2) is 8.04. The summed E-state index contributed by atoms with van der Waals surface area (Å²) in [7, 11) is 0. The number of carbonyl (C=O) groups excluding carboxylic acids is 1. The van der Waals surface area contributed by atoms with Gasteiger partial charge in [0.15, 0.2) is 0 Å². The molecule has 4 rings (SSSR count). The Labute approximate surface area is 162 Å². The Morgan fingerprint density at radius 1 is 0.857 bits per heavy atom. The van der Waals surface area contributed by atoms with Crippen LogP contribution in [0.3, 0.4) is 0 Å². The first kappa shape index (κ1) is 17.9. The Balaban J connectivity index is 1.35. The number of nitrogens with zero attached hydrogens (tertiary/aromatic N) is 4. The molecule has 1 aromatic heterocycles. The molecule has 142 valence electrons. The van der Waals surface area contributed by atoms with Gasteiger partial charge in [0.1, 0.15) is 17.3 Å². The van der Waals surface area contributed by atoms with E-state index in [1.807, 2.05) is 4.90 Å². The number of amides is 1. The number of ether oxygens (including phenoxy) is 1. The van der Waals surface area contributed by atoms with Crippen LogP contribution in [0.5, 0.6) is 11.5 Å². The predicted molar refractivity (Wildman–Crippen MR) is 103 cm³/mol. The number of hydrogen-bond donors (Lipinski definition) is 0. The van der Waals surface area contributed by atoms with Crippen LogP contribution >= 0.6 is 0 Å². The number of piperazine rings is 1. The zero-order valence-electron chi connectivity index (χ0n) is 15.2. The summed E-state index contributed by atoms with van der Waals surface area (Å²) in [6, 6.07) is 14.6. The van der Waals surface area contributed by atoms with E-state index < -0.39 is 0 Å². The second-order valence-corrected chi connectivity index (χ2v) is 6.41. The molecule has 0 radical (unpaired) electrons. The van der Waals surface area contributed by atoms with E-state index in [0.29, 0.717) is 49.2 Å². The summed E-state index contributed by atoms with van der Waals surface area (Å²) in [5.41, 5.74) is 0.607. The maximum Gasteiger partial charge on any atom is 0.253 e. The molecule has 0 atom stereocenters. The molecular weight excluding hydrogens is 359 g/mol. The van der Waals surface area contributed by atoms with Crippen LogP contribution in [0.4, 0.5) is 10.3 Å². The van der Waals surface area contributed by atoms with Crippen molar-refractivity contribution in [2.75, 3.05) is 31.1 Å². The normalized spacial score (nSPS) is 14.0. The molecule has 3 aromatic rings. The van der Waals surface area contributed by atoms with E-state index in [9.17, 15) is 9.18 Å².